The Morgan fingerprint density at radius 1 is 1.36 bits per heavy atom. The fraction of sp³-hybridized carbons (Fsp3) is 0.222. The zero-order chi connectivity index (χ0) is 10.6. The Morgan fingerprint density at radius 2 is 1.93 bits per heavy atom. The van der Waals surface area contributed by atoms with Gasteiger partial charge in [0.25, 0.3) is 5.91 Å². The Balaban J connectivity index is 2.89. The Hall–Kier alpha value is -1.49. The molecule has 0 heterocycles. The van der Waals surface area contributed by atoms with Crippen LogP contribution in [0.15, 0.2) is 18.2 Å². The molecular formula is C9H10F2N2O. The van der Waals surface area contributed by atoms with Crippen molar-refractivity contribution in [3.8, 4) is 0 Å². The maximum Gasteiger partial charge on any atom is 0.257 e. The summed E-state index contributed by atoms with van der Waals surface area (Å²) in [5, 5.41) is 2.29. The summed E-state index contributed by atoms with van der Waals surface area (Å²) in [6, 6.07) is 3.26. The highest BCUT2D eigenvalue weighted by Gasteiger charge is 2.15. The number of amides is 1. The van der Waals surface area contributed by atoms with Gasteiger partial charge >= 0.3 is 0 Å². The van der Waals surface area contributed by atoms with Crippen LogP contribution >= 0.6 is 0 Å². The van der Waals surface area contributed by atoms with Crippen molar-refractivity contribution < 1.29 is 13.6 Å². The summed E-state index contributed by atoms with van der Waals surface area (Å²) in [6.45, 7) is 0.411. The molecule has 1 rings (SSSR count). The summed E-state index contributed by atoms with van der Waals surface area (Å²) in [6.07, 6.45) is 0. The summed E-state index contributed by atoms with van der Waals surface area (Å²) >= 11 is 0. The molecule has 76 valence electrons. The molecule has 14 heavy (non-hydrogen) atoms. The van der Waals surface area contributed by atoms with Gasteiger partial charge in [0.2, 0.25) is 0 Å². The lowest BCUT2D eigenvalue weighted by molar-refractivity contribution is 0.0946. The number of hydrogen-bond donors (Lipinski definition) is 2. The molecular weight excluding hydrogens is 190 g/mol. The van der Waals surface area contributed by atoms with Gasteiger partial charge in [-0.25, -0.2) is 8.78 Å². The van der Waals surface area contributed by atoms with Crippen molar-refractivity contribution >= 4 is 5.91 Å². The second-order valence-electron chi connectivity index (χ2n) is 2.64. The quantitative estimate of drug-likeness (QED) is 0.752. The van der Waals surface area contributed by atoms with E-state index in [1.807, 2.05) is 0 Å². The predicted octanol–water partition coefficient (Wildman–Crippen LogP) is 0.653. The number of halogens is 2. The first-order valence-electron chi connectivity index (χ1n) is 4.09. The highest BCUT2D eigenvalue weighted by molar-refractivity contribution is 5.94. The van der Waals surface area contributed by atoms with Gasteiger partial charge in [-0.2, -0.15) is 0 Å². The minimum absolute atomic E-state index is 0.187. The molecule has 1 aromatic carbocycles. The van der Waals surface area contributed by atoms with E-state index < -0.39 is 23.1 Å². The molecule has 0 saturated carbocycles. The smallest absolute Gasteiger partial charge is 0.257 e. The molecule has 0 radical (unpaired) electrons. The van der Waals surface area contributed by atoms with Crippen LogP contribution in [0, 0.1) is 11.6 Å². The Morgan fingerprint density at radius 3 is 2.43 bits per heavy atom. The first kappa shape index (κ1) is 10.6. The van der Waals surface area contributed by atoms with Gasteiger partial charge in [-0.15, -0.1) is 0 Å². The molecule has 0 aromatic heterocycles. The van der Waals surface area contributed by atoms with Crippen LogP contribution in [0.2, 0.25) is 0 Å². The minimum Gasteiger partial charge on any atom is -0.351 e. The third-order valence-corrected chi connectivity index (χ3v) is 1.62. The van der Waals surface area contributed by atoms with Gasteiger partial charge in [0.05, 0.1) is 0 Å². The van der Waals surface area contributed by atoms with Crippen molar-refractivity contribution in [3.63, 3.8) is 0 Å². The highest BCUT2D eigenvalue weighted by atomic mass is 19.1. The van der Waals surface area contributed by atoms with Crippen LogP contribution in [0.25, 0.3) is 0 Å². The fourth-order valence-electron chi connectivity index (χ4n) is 0.989. The number of carbonyl (C=O) groups is 1. The van der Waals surface area contributed by atoms with Crippen molar-refractivity contribution in [2.24, 2.45) is 5.73 Å². The van der Waals surface area contributed by atoms with Crippen molar-refractivity contribution in [2.75, 3.05) is 13.1 Å². The normalized spacial score (nSPS) is 9.93. The molecule has 3 nitrogen and oxygen atoms in total. The van der Waals surface area contributed by atoms with E-state index in [-0.39, 0.29) is 13.1 Å². The van der Waals surface area contributed by atoms with Crippen molar-refractivity contribution in [2.45, 2.75) is 0 Å². The maximum absolute atomic E-state index is 13.0. The molecule has 1 amide bonds. The molecule has 0 fully saturated rings. The monoisotopic (exact) mass is 200 g/mol. The first-order valence-corrected chi connectivity index (χ1v) is 4.09. The van der Waals surface area contributed by atoms with E-state index in [9.17, 15) is 13.6 Å². The lowest BCUT2D eigenvalue weighted by atomic mass is 10.2. The third-order valence-electron chi connectivity index (χ3n) is 1.62. The number of hydrogen-bond acceptors (Lipinski definition) is 2. The largest absolute Gasteiger partial charge is 0.351 e. The Bertz CT molecular complexity index is 321. The number of rotatable bonds is 3. The summed E-state index contributed by atoms with van der Waals surface area (Å²) in [5.41, 5.74) is 4.56. The van der Waals surface area contributed by atoms with Crippen LogP contribution in [0.5, 0.6) is 0 Å². The number of carbonyl (C=O) groups excluding carboxylic acids is 1. The van der Waals surface area contributed by atoms with Gasteiger partial charge < -0.3 is 11.1 Å². The van der Waals surface area contributed by atoms with Gasteiger partial charge in [-0.1, -0.05) is 6.07 Å². The van der Waals surface area contributed by atoms with Gasteiger partial charge in [-0.05, 0) is 12.1 Å². The Labute approximate surface area is 79.9 Å². The molecule has 0 aliphatic rings. The fourth-order valence-corrected chi connectivity index (χ4v) is 0.989. The van der Waals surface area contributed by atoms with E-state index in [4.69, 9.17) is 5.73 Å². The third kappa shape index (κ3) is 2.26. The van der Waals surface area contributed by atoms with Gasteiger partial charge in [-0.3, -0.25) is 4.79 Å². The van der Waals surface area contributed by atoms with Crippen LogP contribution in [-0.4, -0.2) is 19.0 Å². The molecule has 1 aromatic rings. The summed E-state index contributed by atoms with van der Waals surface area (Å²) in [4.78, 5) is 11.2. The molecule has 5 heteroatoms. The zero-order valence-corrected chi connectivity index (χ0v) is 7.39. The van der Waals surface area contributed by atoms with E-state index >= 15 is 0 Å². The number of nitrogens with one attached hydrogen (secondary N) is 1. The van der Waals surface area contributed by atoms with Crippen molar-refractivity contribution in [1.29, 1.82) is 0 Å². The summed E-state index contributed by atoms with van der Waals surface area (Å²) < 4.78 is 26.0. The highest BCUT2D eigenvalue weighted by Crippen LogP contribution is 2.11. The predicted molar refractivity (Wildman–Crippen MR) is 47.7 cm³/mol. The first-order chi connectivity index (χ1) is 6.66. The summed E-state index contributed by atoms with van der Waals surface area (Å²) in [7, 11) is 0. The number of nitrogens with two attached hydrogens (primary N) is 1. The molecule has 0 bridgehead atoms. The van der Waals surface area contributed by atoms with E-state index in [1.165, 1.54) is 6.07 Å². The minimum atomic E-state index is -0.875. The van der Waals surface area contributed by atoms with Gasteiger partial charge in [0.1, 0.15) is 17.2 Å². The van der Waals surface area contributed by atoms with Gasteiger partial charge in [0.15, 0.2) is 0 Å². The van der Waals surface area contributed by atoms with Crippen LogP contribution in [0.1, 0.15) is 10.4 Å². The Kier molecular flexibility index (Phi) is 3.53. The molecule has 0 unspecified atom stereocenters. The van der Waals surface area contributed by atoms with Crippen LogP contribution in [-0.2, 0) is 0 Å². The zero-order valence-electron chi connectivity index (χ0n) is 7.39. The standard InChI is InChI=1S/C9H10F2N2O/c10-6-2-1-3-7(11)8(6)9(14)13-5-4-12/h1-3H,4-5,12H2,(H,13,14). The summed E-state index contributed by atoms with van der Waals surface area (Å²) in [5.74, 6) is -2.54. The maximum atomic E-state index is 13.0. The lowest BCUT2D eigenvalue weighted by Crippen LogP contribution is -2.30. The number of benzene rings is 1. The molecule has 0 aliphatic heterocycles. The average Bonchev–Trinajstić information content (AvgIpc) is 2.14. The molecule has 3 N–H and O–H groups in total. The topological polar surface area (TPSA) is 55.1 Å². The van der Waals surface area contributed by atoms with Crippen molar-refractivity contribution in [3.05, 3.63) is 35.4 Å². The molecule has 0 atom stereocenters. The molecule has 0 spiro atoms. The van der Waals surface area contributed by atoms with Crippen LogP contribution < -0.4 is 11.1 Å². The molecule has 0 saturated heterocycles. The van der Waals surface area contributed by atoms with E-state index in [0.717, 1.165) is 12.1 Å². The molecule has 0 aliphatic carbocycles. The van der Waals surface area contributed by atoms with E-state index in [1.54, 1.807) is 0 Å². The van der Waals surface area contributed by atoms with E-state index in [0.29, 0.717) is 0 Å². The second kappa shape index (κ2) is 4.66. The average molecular weight is 200 g/mol. The van der Waals surface area contributed by atoms with Crippen LogP contribution in [0.3, 0.4) is 0 Å². The van der Waals surface area contributed by atoms with Crippen molar-refractivity contribution in [1.82, 2.24) is 5.32 Å². The van der Waals surface area contributed by atoms with Gasteiger partial charge in [0, 0.05) is 13.1 Å². The van der Waals surface area contributed by atoms with E-state index in [2.05, 4.69) is 5.32 Å². The lowest BCUT2D eigenvalue weighted by Gasteiger charge is -2.05. The second-order valence-corrected chi connectivity index (χ2v) is 2.64. The van der Waals surface area contributed by atoms with Crippen LogP contribution in [0.4, 0.5) is 8.78 Å². The SMILES string of the molecule is NCCNC(=O)c1c(F)cccc1F.